The van der Waals surface area contributed by atoms with Crippen LogP contribution in [0, 0.1) is 17.7 Å². The summed E-state index contributed by atoms with van der Waals surface area (Å²) in [4.78, 5) is 11.6. The Morgan fingerprint density at radius 3 is 2.52 bits per heavy atom. The molecule has 25 heavy (non-hydrogen) atoms. The number of Topliss-reactive ketones (excluding diaryl/α,β-unsaturated/α-hetero) is 1. The van der Waals surface area contributed by atoms with Gasteiger partial charge in [0.05, 0.1) is 11.4 Å². The second kappa shape index (κ2) is 6.28. The number of ketones is 1. The largest absolute Gasteiger partial charge is 0.300 e. The number of carbonyl (C=O) groups excluding carboxylic acids is 1. The van der Waals surface area contributed by atoms with Gasteiger partial charge in [-0.3, -0.25) is 4.79 Å². The van der Waals surface area contributed by atoms with E-state index in [1.807, 2.05) is 41.2 Å². The fraction of sp³-hybridized carbons (Fsp3) is 0.238. The van der Waals surface area contributed by atoms with E-state index < -0.39 is 0 Å². The predicted octanol–water partition coefficient (Wildman–Crippen LogP) is 4.45. The van der Waals surface area contributed by atoms with Gasteiger partial charge in [0.2, 0.25) is 0 Å². The van der Waals surface area contributed by atoms with Crippen LogP contribution in [0.5, 0.6) is 0 Å². The van der Waals surface area contributed by atoms with Crippen molar-refractivity contribution in [3.05, 3.63) is 72.2 Å². The normalized spacial score (nSPS) is 19.0. The SMILES string of the molecule is CC(=O)[C@H]1C[C@H]1Cc1cn(-c2ccccc2)nc1-c1ccc(F)cc1. The van der Waals surface area contributed by atoms with E-state index in [0.717, 1.165) is 35.3 Å². The van der Waals surface area contributed by atoms with Crippen molar-refractivity contribution >= 4 is 5.78 Å². The standard InChI is InChI=1S/C21H19FN2O/c1-14(25)20-12-16(20)11-17-13-24(19-5-3-2-4-6-19)23-21(17)15-7-9-18(22)10-8-15/h2-10,13,16,20H,11-12H2,1H3/t16-,20-/m1/s1. The predicted molar refractivity (Wildman–Crippen MR) is 94.9 cm³/mol. The maximum atomic E-state index is 13.3. The van der Waals surface area contributed by atoms with Gasteiger partial charge in [-0.15, -0.1) is 0 Å². The number of halogens is 1. The molecule has 0 aliphatic heterocycles. The molecule has 0 radical (unpaired) electrons. The monoisotopic (exact) mass is 334 g/mol. The number of hydrogen-bond acceptors (Lipinski definition) is 2. The van der Waals surface area contributed by atoms with E-state index in [9.17, 15) is 9.18 Å². The molecule has 4 rings (SSSR count). The van der Waals surface area contributed by atoms with Crippen molar-refractivity contribution in [1.82, 2.24) is 9.78 Å². The van der Waals surface area contributed by atoms with Crippen LogP contribution >= 0.6 is 0 Å². The lowest BCUT2D eigenvalue weighted by molar-refractivity contribution is -0.118. The van der Waals surface area contributed by atoms with Crippen LogP contribution in [0.25, 0.3) is 16.9 Å². The molecular weight excluding hydrogens is 315 g/mol. The van der Waals surface area contributed by atoms with Crippen LogP contribution in [0.15, 0.2) is 60.8 Å². The van der Waals surface area contributed by atoms with Gasteiger partial charge in [-0.2, -0.15) is 5.10 Å². The highest BCUT2D eigenvalue weighted by Crippen LogP contribution is 2.43. The second-order valence-corrected chi connectivity index (χ2v) is 6.71. The molecule has 1 aliphatic carbocycles. The van der Waals surface area contributed by atoms with E-state index in [1.165, 1.54) is 12.1 Å². The van der Waals surface area contributed by atoms with Crippen molar-refractivity contribution in [3.63, 3.8) is 0 Å². The average molecular weight is 334 g/mol. The van der Waals surface area contributed by atoms with Crippen LogP contribution in [0.4, 0.5) is 4.39 Å². The Morgan fingerprint density at radius 1 is 1.16 bits per heavy atom. The van der Waals surface area contributed by atoms with Gasteiger partial charge in [0.25, 0.3) is 0 Å². The van der Waals surface area contributed by atoms with E-state index in [-0.39, 0.29) is 17.5 Å². The summed E-state index contributed by atoms with van der Waals surface area (Å²) in [6.45, 7) is 1.67. The summed E-state index contributed by atoms with van der Waals surface area (Å²) in [6, 6.07) is 16.3. The van der Waals surface area contributed by atoms with Crippen LogP contribution in [-0.2, 0) is 11.2 Å². The highest BCUT2D eigenvalue weighted by molar-refractivity contribution is 5.81. The summed E-state index contributed by atoms with van der Waals surface area (Å²) in [5.41, 5.74) is 3.84. The van der Waals surface area contributed by atoms with Gasteiger partial charge >= 0.3 is 0 Å². The lowest BCUT2D eigenvalue weighted by Crippen LogP contribution is -1.98. The van der Waals surface area contributed by atoms with Crippen molar-refractivity contribution in [2.45, 2.75) is 19.8 Å². The minimum atomic E-state index is -0.258. The fourth-order valence-corrected chi connectivity index (χ4v) is 3.38. The molecule has 0 spiro atoms. The smallest absolute Gasteiger partial charge is 0.133 e. The molecule has 0 N–H and O–H groups in total. The maximum absolute atomic E-state index is 13.3. The van der Waals surface area contributed by atoms with Gasteiger partial charge in [-0.25, -0.2) is 9.07 Å². The minimum absolute atomic E-state index is 0.182. The van der Waals surface area contributed by atoms with Crippen LogP contribution in [0.2, 0.25) is 0 Å². The van der Waals surface area contributed by atoms with Crippen molar-refractivity contribution in [3.8, 4) is 16.9 Å². The molecule has 0 unspecified atom stereocenters. The minimum Gasteiger partial charge on any atom is -0.300 e. The third kappa shape index (κ3) is 3.25. The van der Waals surface area contributed by atoms with Crippen molar-refractivity contribution in [1.29, 1.82) is 0 Å². The highest BCUT2D eigenvalue weighted by Gasteiger charge is 2.41. The van der Waals surface area contributed by atoms with E-state index in [2.05, 4.69) is 0 Å². The van der Waals surface area contributed by atoms with Crippen molar-refractivity contribution in [2.24, 2.45) is 11.8 Å². The molecule has 1 fully saturated rings. The van der Waals surface area contributed by atoms with Gasteiger partial charge in [0.1, 0.15) is 11.6 Å². The van der Waals surface area contributed by atoms with Crippen LogP contribution in [-0.4, -0.2) is 15.6 Å². The number of nitrogens with zero attached hydrogens (tertiary/aromatic N) is 2. The van der Waals surface area contributed by atoms with Gasteiger partial charge in [-0.1, -0.05) is 18.2 Å². The summed E-state index contributed by atoms with van der Waals surface area (Å²) >= 11 is 0. The zero-order valence-electron chi connectivity index (χ0n) is 14.0. The Bertz CT molecular complexity index is 899. The number of aromatic nitrogens is 2. The van der Waals surface area contributed by atoms with Crippen molar-refractivity contribution < 1.29 is 9.18 Å². The molecule has 3 nitrogen and oxygen atoms in total. The molecule has 1 heterocycles. The average Bonchev–Trinajstić information content (AvgIpc) is 3.27. The quantitative estimate of drug-likeness (QED) is 0.691. The molecule has 126 valence electrons. The van der Waals surface area contributed by atoms with E-state index in [0.29, 0.717) is 5.92 Å². The Labute approximate surface area is 146 Å². The lowest BCUT2D eigenvalue weighted by Gasteiger charge is -2.02. The molecule has 0 bridgehead atoms. The number of para-hydroxylation sites is 1. The Hall–Kier alpha value is -2.75. The topological polar surface area (TPSA) is 34.9 Å². The van der Waals surface area contributed by atoms with Crippen LogP contribution in [0.3, 0.4) is 0 Å². The van der Waals surface area contributed by atoms with Gasteiger partial charge in [0, 0.05) is 17.7 Å². The van der Waals surface area contributed by atoms with E-state index in [1.54, 1.807) is 19.1 Å². The van der Waals surface area contributed by atoms with Crippen LogP contribution < -0.4 is 0 Å². The van der Waals surface area contributed by atoms with Crippen molar-refractivity contribution in [2.75, 3.05) is 0 Å². The Kier molecular flexibility index (Phi) is 3.96. The van der Waals surface area contributed by atoms with E-state index in [4.69, 9.17) is 5.10 Å². The summed E-state index contributed by atoms with van der Waals surface area (Å²) in [5, 5.41) is 4.74. The third-order valence-electron chi connectivity index (χ3n) is 4.86. The van der Waals surface area contributed by atoms with Gasteiger partial charge in [0.15, 0.2) is 0 Å². The fourth-order valence-electron chi connectivity index (χ4n) is 3.38. The first kappa shape index (κ1) is 15.8. The molecule has 4 heteroatoms. The van der Waals surface area contributed by atoms with Gasteiger partial charge < -0.3 is 0 Å². The molecule has 0 saturated heterocycles. The summed E-state index contributed by atoms with van der Waals surface area (Å²) in [5.74, 6) is 0.585. The molecule has 1 saturated carbocycles. The Balaban J connectivity index is 1.71. The zero-order valence-corrected chi connectivity index (χ0v) is 14.0. The molecular formula is C21H19FN2O. The number of benzene rings is 2. The summed E-state index contributed by atoms with van der Waals surface area (Å²) in [7, 11) is 0. The molecule has 2 aromatic carbocycles. The lowest BCUT2D eigenvalue weighted by atomic mass is 10.0. The van der Waals surface area contributed by atoms with E-state index >= 15 is 0 Å². The molecule has 1 aliphatic rings. The third-order valence-corrected chi connectivity index (χ3v) is 4.86. The first-order valence-electron chi connectivity index (χ1n) is 8.52. The number of hydrogen-bond donors (Lipinski definition) is 0. The molecule has 3 aromatic rings. The first-order valence-corrected chi connectivity index (χ1v) is 8.52. The molecule has 0 amide bonds. The molecule has 2 atom stereocenters. The molecule has 1 aromatic heterocycles. The van der Waals surface area contributed by atoms with Crippen LogP contribution in [0.1, 0.15) is 18.9 Å². The number of rotatable bonds is 5. The first-order chi connectivity index (χ1) is 12.1. The maximum Gasteiger partial charge on any atom is 0.133 e. The zero-order chi connectivity index (χ0) is 17.4. The highest BCUT2D eigenvalue weighted by atomic mass is 19.1. The summed E-state index contributed by atoms with van der Waals surface area (Å²) in [6.07, 6.45) is 3.81. The second-order valence-electron chi connectivity index (χ2n) is 6.71. The van der Waals surface area contributed by atoms with Gasteiger partial charge in [-0.05, 0) is 67.6 Å². The Morgan fingerprint density at radius 2 is 1.88 bits per heavy atom. The number of carbonyl (C=O) groups is 1. The summed E-state index contributed by atoms with van der Waals surface area (Å²) < 4.78 is 15.1.